The molecule has 1 aromatic rings. The van der Waals surface area contributed by atoms with Crippen LogP contribution in [0.3, 0.4) is 0 Å². The zero-order valence-electron chi connectivity index (χ0n) is 10.2. The van der Waals surface area contributed by atoms with Gasteiger partial charge >= 0.3 is 0 Å². The predicted molar refractivity (Wildman–Crippen MR) is 68.9 cm³/mol. The average molecular weight is 203 g/mol. The fourth-order valence-corrected chi connectivity index (χ4v) is 1.75. The number of hydrogen-bond acceptors (Lipinski definition) is 0. The Balaban J connectivity index is 3.17. The summed E-state index contributed by atoms with van der Waals surface area (Å²) in [4.78, 5) is 3.34. The Morgan fingerprint density at radius 3 is 2.47 bits per heavy atom. The number of hydrogen-bond donors (Lipinski definition) is 1. The second kappa shape index (κ2) is 5.59. The first-order chi connectivity index (χ1) is 7.24. The van der Waals surface area contributed by atoms with E-state index in [2.05, 4.69) is 56.3 Å². The molecule has 0 aliphatic heterocycles. The van der Waals surface area contributed by atoms with Gasteiger partial charge in [0.15, 0.2) is 0 Å². The van der Waals surface area contributed by atoms with E-state index < -0.39 is 0 Å². The molecular formula is C14H21N. The molecule has 0 radical (unpaired) electrons. The minimum absolute atomic E-state index is 0.617. The van der Waals surface area contributed by atoms with Crippen molar-refractivity contribution in [2.45, 2.75) is 40.0 Å². The Morgan fingerprint density at radius 2 is 1.93 bits per heavy atom. The van der Waals surface area contributed by atoms with Gasteiger partial charge in [0, 0.05) is 17.5 Å². The number of aromatic nitrogens is 1. The van der Waals surface area contributed by atoms with Crippen LogP contribution in [0.1, 0.15) is 56.9 Å². The maximum atomic E-state index is 3.34. The molecule has 1 heteroatoms. The molecule has 1 rings (SSSR count). The molecule has 0 saturated carbocycles. The lowest BCUT2D eigenvalue weighted by Gasteiger charge is -2.07. The van der Waals surface area contributed by atoms with Crippen molar-refractivity contribution in [3.63, 3.8) is 0 Å². The largest absolute Gasteiger partial charge is 0.361 e. The molecule has 1 N–H and O–H groups in total. The van der Waals surface area contributed by atoms with Gasteiger partial charge in [-0.1, -0.05) is 32.1 Å². The summed E-state index contributed by atoms with van der Waals surface area (Å²) in [6, 6.07) is 0. The summed E-state index contributed by atoms with van der Waals surface area (Å²) in [6.45, 7) is 8.61. The van der Waals surface area contributed by atoms with Gasteiger partial charge in [-0.3, -0.25) is 0 Å². The van der Waals surface area contributed by atoms with Crippen molar-refractivity contribution in [1.29, 1.82) is 0 Å². The van der Waals surface area contributed by atoms with Gasteiger partial charge < -0.3 is 4.98 Å². The molecule has 0 bridgehead atoms. The quantitative estimate of drug-likeness (QED) is 0.736. The minimum atomic E-state index is 0.617. The van der Waals surface area contributed by atoms with Crippen molar-refractivity contribution in [1.82, 2.24) is 4.98 Å². The van der Waals surface area contributed by atoms with Crippen LogP contribution < -0.4 is 0 Å². The molecule has 0 aliphatic carbocycles. The fourth-order valence-electron chi connectivity index (χ4n) is 1.75. The van der Waals surface area contributed by atoms with Crippen LogP contribution in [0.2, 0.25) is 0 Å². The highest BCUT2D eigenvalue weighted by atomic mass is 14.7. The van der Waals surface area contributed by atoms with E-state index in [0.717, 1.165) is 0 Å². The van der Waals surface area contributed by atoms with Gasteiger partial charge in [0.1, 0.15) is 0 Å². The zero-order valence-corrected chi connectivity index (χ0v) is 10.2. The van der Waals surface area contributed by atoms with E-state index in [1.54, 1.807) is 0 Å². The first kappa shape index (κ1) is 11.8. The van der Waals surface area contributed by atoms with Crippen molar-refractivity contribution in [3.8, 4) is 0 Å². The van der Waals surface area contributed by atoms with Crippen LogP contribution in [0.5, 0.6) is 0 Å². The first-order valence-corrected chi connectivity index (χ1v) is 5.71. The molecule has 0 saturated heterocycles. The van der Waals surface area contributed by atoms with Gasteiger partial charge in [0.25, 0.3) is 0 Å². The number of H-pyrrole nitrogens is 1. The lowest BCUT2D eigenvalue weighted by molar-refractivity contribution is 0.733. The van der Waals surface area contributed by atoms with E-state index in [-0.39, 0.29) is 0 Å². The van der Waals surface area contributed by atoms with Crippen LogP contribution in [0.15, 0.2) is 18.3 Å². The monoisotopic (exact) mass is 203 g/mol. The van der Waals surface area contributed by atoms with Gasteiger partial charge in [-0.05, 0) is 37.8 Å². The number of allylic oxidation sites excluding steroid dienone is 2. The summed E-state index contributed by atoms with van der Waals surface area (Å²) in [5.74, 6) is 0.617. The number of rotatable bonds is 4. The van der Waals surface area contributed by atoms with E-state index in [9.17, 15) is 0 Å². The highest BCUT2D eigenvalue weighted by Crippen LogP contribution is 2.27. The Labute approximate surface area is 92.9 Å². The molecule has 0 amide bonds. The molecule has 1 unspecified atom stereocenters. The number of aromatic amines is 1. The molecule has 15 heavy (non-hydrogen) atoms. The number of nitrogens with one attached hydrogen (secondary N) is 1. The second-order valence-corrected chi connectivity index (χ2v) is 3.88. The maximum absolute atomic E-state index is 3.34. The SMILES string of the molecule is C/C=C\c1[nH]cc(C(C)CC)c1/C=C\C. The van der Waals surface area contributed by atoms with Crippen molar-refractivity contribution in [2.24, 2.45) is 0 Å². The summed E-state index contributed by atoms with van der Waals surface area (Å²) in [5.41, 5.74) is 3.97. The first-order valence-electron chi connectivity index (χ1n) is 5.71. The smallest absolute Gasteiger partial charge is 0.0453 e. The van der Waals surface area contributed by atoms with Crippen molar-refractivity contribution in [3.05, 3.63) is 35.2 Å². The maximum Gasteiger partial charge on any atom is 0.0453 e. The van der Waals surface area contributed by atoms with Crippen molar-refractivity contribution < 1.29 is 0 Å². The third kappa shape index (κ3) is 2.62. The molecule has 82 valence electrons. The Bertz CT molecular complexity index is 355. The fraction of sp³-hybridized carbons (Fsp3) is 0.429. The van der Waals surface area contributed by atoms with Crippen LogP contribution in [-0.2, 0) is 0 Å². The standard InChI is InChI=1S/C14H21N/c1-5-8-12-13(11(4)7-3)10-15-14(12)9-6-2/h5-6,8-11,15H,7H2,1-4H3/b8-5-,9-6-. The van der Waals surface area contributed by atoms with Crippen LogP contribution in [0.25, 0.3) is 12.2 Å². The van der Waals surface area contributed by atoms with Crippen LogP contribution in [-0.4, -0.2) is 4.98 Å². The van der Waals surface area contributed by atoms with E-state index in [0.29, 0.717) is 5.92 Å². The second-order valence-electron chi connectivity index (χ2n) is 3.88. The predicted octanol–water partition coefficient (Wildman–Crippen LogP) is 4.59. The summed E-state index contributed by atoms with van der Waals surface area (Å²) in [5, 5.41) is 0. The normalized spacial score (nSPS) is 14.1. The van der Waals surface area contributed by atoms with Gasteiger partial charge in [-0.15, -0.1) is 0 Å². The summed E-state index contributed by atoms with van der Waals surface area (Å²) in [7, 11) is 0. The van der Waals surface area contributed by atoms with Gasteiger partial charge in [-0.2, -0.15) is 0 Å². The highest BCUT2D eigenvalue weighted by molar-refractivity contribution is 5.66. The van der Waals surface area contributed by atoms with Crippen LogP contribution in [0.4, 0.5) is 0 Å². The highest BCUT2D eigenvalue weighted by Gasteiger charge is 2.11. The molecule has 0 aliphatic rings. The van der Waals surface area contributed by atoms with Crippen molar-refractivity contribution >= 4 is 12.2 Å². The molecule has 1 nitrogen and oxygen atoms in total. The molecule has 1 atom stereocenters. The van der Waals surface area contributed by atoms with E-state index >= 15 is 0 Å². The van der Waals surface area contributed by atoms with E-state index in [1.807, 2.05) is 6.92 Å². The summed E-state index contributed by atoms with van der Waals surface area (Å²) in [6.07, 6.45) is 11.8. The topological polar surface area (TPSA) is 15.8 Å². The van der Waals surface area contributed by atoms with Gasteiger partial charge in [-0.25, -0.2) is 0 Å². The molecule has 1 heterocycles. The van der Waals surface area contributed by atoms with E-state index in [1.165, 1.54) is 23.2 Å². The molecule has 0 aromatic carbocycles. The van der Waals surface area contributed by atoms with Gasteiger partial charge in [0.2, 0.25) is 0 Å². The van der Waals surface area contributed by atoms with Crippen LogP contribution >= 0.6 is 0 Å². The zero-order chi connectivity index (χ0) is 11.3. The minimum Gasteiger partial charge on any atom is -0.361 e. The molecule has 1 aromatic heterocycles. The molecular weight excluding hydrogens is 182 g/mol. The molecule has 0 fully saturated rings. The summed E-state index contributed by atoms with van der Waals surface area (Å²) >= 11 is 0. The van der Waals surface area contributed by atoms with E-state index in [4.69, 9.17) is 0 Å². The Morgan fingerprint density at radius 1 is 1.27 bits per heavy atom. The lowest BCUT2D eigenvalue weighted by atomic mass is 9.96. The third-order valence-corrected chi connectivity index (χ3v) is 2.79. The Hall–Kier alpha value is -1.24. The average Bonchev–Trinajstić information content (AvgIpc) is 2.62. The van der Waals surface area contributed by atoms with Crippen molar-refractivity contribution in [2.75, 3.05) is 0 Å². The summed E-state index contributed by atoms with van der Waals surface area (Å²) < 4.78 is 0. The van der Waals surface area contributed by atoms with Crippen LogP contribution in [0, 0.1) is 0 Å². The lowest BCUT2D eigenvalue weighted by Crippen LogP contribution is -1.91. The van der Waals surface area contributed by atoms with Gasteiger partial charge in [0.05, 0.1) is 0 Å². The third-order valence-electron chi connectivity index (χ3n) is 2.79. The molecule has 0 spiro atoms. The Kier molecular flexibility index (Phi) is 4.41.